The van der Waals surface area contributed by atoms with E-state index in [1.165, 1.54) is 22.6 Å². The monoisotopic (exact) mass is 379 g/mol. The van der Waals surface area contributed by atoms with E-state index in [0.29, 0.717) is 6.20 Å². The van der Waals surface area contributed by atoms with E-state index in [0.717, 1.165) is 0 Å². The number of nitro groups is 1. The first-order valence-electron chi connectivity index (χ1n) is 3.80. The standard InChI is InChI=1S/C6H4F2IN3O4S/c7-5(8)3-2(12(13)14)1-11-6(4(3)9)17(10,15)16/h1,5H,(H2,10,15,16). The van der Waals surface area contributed by atoms with Gasteiger partial charge in [0.15, 0.2) is 5.03 Å². The second kappa shape index (κ2) is 4.73. The Bertz CT molecular complexity index is 577. The molecule has 0 radical (unpaired) electrons. The summed E-state index contributed by atoms with van der Waals surface area (Å²) in [6.07, 6.45) is -2.76. The Labute approximate surface area is 107 Å². The summed E-state index contributed by atoms with van der Waals surface area (Å²) in [4.78, 5) is 12.6. The molecule has 94 valence electrons. The van der Waals surface area contributed by atoms with Crippen LogP contribution < -0.4 is 5.14 Å². The van der Waals surface area contributed by atoms with Crippen molar-refractivity contribution in [2.75, 3.05) is 0 Å². The summed E-state index contributed by atoms with van der Waals surface area (Å²) in [5.41, 5.74) is -1.95. The van der Waals surface area contributed by atoms with Gasteiger partial charge in [-0.3, -0.25) is 10.1 Å². The van der Waals surface area contributed by atoms with Crippen molar-refractivity contribution in [1.29, 1.82) is 0 Å². The van der Waals surface area contributed by atoms with Gasteiger partial charge in [0, 0.05) is 0 Å². The number of aromatic nitrogens is 1. The summed E-state index contributed by atoms with van der Waals surface area (Å²) < 4.78 is 46.8. The molecule has 0 unspecified atom stereocenters. The predicted molar refractivity (Wildman–Crippen MR) is 59.9 cm³/mol. The van der Waals surface area contributed by atoms with Gasteiger partial charge in [-0.2, -0.15) is 0 Å². The Morgan fingerprint density at radius 3 is 2.41 bits per heavy atom. The molecule has 2 N–H and O–H groups in total. The van der Waals surface area contributed by atoms with Crippen molar-refractivity contribution >= 4 is 38.3 Å². The third kappa shape index (κ3) is 2.84. The van der Waals surface area contributed by atoms with Gasteiger partial charge in [0.1, 0.15) is 11.8 Å². The molecule has 1 aromatic rings. The zero-order valence-corrected chi connectivity index (χ0v) is 10.8. The normalized spacial score (nSPS) is 11.8. The van der Waals surface area contributed by atoms with E-state index in [1.54, 1.807) is 0 Å². The van der Waals surface area contributed by atoms with Crippen molar-refractivity contribution in [3.63, 3.8) is 0 Å². The van der Waals surface area contributed by atoms with Crippen LogP contribution in [0.1, 0.15) is 12.0 Å². The van der Waals surface area contributed by atoms with Gasteiger partial charge < -0.3 is 0 Å². The maximum absolute atomic E-state index is 12.6. The van der Waals surface area contributed by atoms with Crippen molar-refractivity contribution in [2.45, 2.75) is 11.5 Å². The lowest BCUT2D eigenvalue weighted by Crippen LogP contribution is -2.17. The number of halogens is 3. The Kier molecular flexibility index (Phi) is 3.93. The lowest BCUT2D eigenvalue weighted by atomic mass is 10.2. The van der Waals surface area contributed by atoms with Crippen LogP contribution in [-0.2, 0) is 10.0 Å². The summed E-state index contributed by atoms with van der Waals surface area (Å²) in [7, 11) is -4.31. The summed E-state index contributed by atoms with van der Waals surface area (Å²) in [6, 6.07) is 0. The van der Waals surface area contributed by atoms with E-state index in [4.69, 9.17) is 5.14 Å². The molecule has 11 heteroatoms. The Morgan fingerprint density at radius 1 is 1.53 bits per heavy atom. The molecule has 1 heterocycles. The molecule has 0 aliphatic rings. The number of rotatable bonds is 3. The Balaban J connectivity index is 3.67. The molecule has 1 aromatic heterocycles. The molecule has 0 fully saturated rings. The fourth-order valence-corrected chi connectivity index (χ4v) is 3.16. The predicted octanol–water partition coefficient (Wildman–Crippen LogP) is 1.18. The van der Waals surface area contributed by atoms with Gasteiger partial charge >= 0.3 is 0 Å². The average molecular weight is 379 g/mol. The van der Waals surface area contributed by atoms with E-state index < -0.39 is 41.2 Å². The SMILES string of the molecule is NS(=O)(=O)c1ncc([N+](=O)[O-])c(C(F)F)c1I. The van der Waals surface area contributed by atoms with Crippen LogP contribution in [0.4, 0.5) is 14.5 Å². The minimum absolute atomic E-state index is 0.448. The minimum atomic E-state index is -4.31. The number of nitrogens with two attached hydrogens (primary N) is 1. The molecule has 7 nitrogen and oxygen atoms in total. The molecule has 0 aliphatic heterocycles. The van der Waals surface area contributed by atoms with Gasteiger partial charge in [0.25, 0.3) is 22.1 Å². The van der Waals surface area contributed by atoms with Gasteiger partial charge in [-0.1, -0.05) is 0 Å². The van der Waals surface area contributed by atoms with Gasteiger partial charge in [0.05, 0.1) is 8.49 Å². The lowest BCUT2D eigenvalue weighted by Gasteiger charge is -2.07. The topological polar surface area (TPSA) is 116 Å². The molecule has 0 amide bonds. The van der Waals surface area contributed by atoms with Crippen molar-refractivity contribution < 1.29 is 22.1 Å². The van der Waals surface area contributed by atoms with E-state index in [1.807, 2.05) is 0 Å². The molecule has 0 atom stereocenters. The number of hydrogen-bond donors (Lipinski definition) is 1. The third-order valence-electron chi connectivity index (χ3n) is 1.69. The summed E-state index contributed by atoms with van der Waals surface area (Å²) in [5, 5.41) is 14.4. The smallest absolute Gasteiger partial charge is 0.258 e. The van der Waals surface area contributed by atoms with Gasteiger partial charge in [0.2, 0.25) is 0 Å². The first kappa shape index (κ1) is 14.1. The second-order valence-electron chi connectivity index (χ2n) is 2.78. The second-order valence-corrected chi connectivity index (χ2v) is 5.33. The molecular formula is C6H4F2IN3O4S. The maximum atomic E-state index is 12.6. The number of hydrogen-bond acceptors (Lipinski definition) is 5. The summed E-state index contributed by atoms with van der Waals surface area (Å²) in [6.45, 7) is 0. The Hall–Kier alpha value is -0.950. The third-order valence-corrected chi connectivity index (χ3v) is 4.00. The van der Waals surface area contributed by atoms with Crippen LogP contribution in [0, 0.1) is 13.7 Å². The van der Waals surface area contributed by atoms with E-state index >= 15 is 0 Å². The number of pyridine rings is 1. The average Bonchev–Trinajstić information content (AvgIpc) is 2.13. The molecule has 0 aliphatic carbocycles. The molecule has 0 bridgehead atoms. The molecule has 0 spiro atoms. The highest BCUT2D eigenvalue weighted by Gasteiger charge is 2.30. The summed E-state index contributed by atoms with van der Waals surface area (Å²) >= 11 is 1.23. The van der Waals surface area contributed by atoms with Crippen molar-refractivity contribution in [3.8, 4) is 0 Å². The van der Waals surface area contributed by atoms with Gasteiger partial charge in [-0.15, -0.1) is 0 Å². The number of primary sulfonamides is 1. The highest BCUT2D eigenvalue weighted by atomic mass is 127. The molecule has 0 aromatic carbocycles. The minimum Gasteiger partial charge on any atom is -0.258 e. The number of nitrogens with zero attached hydrogens (tertiary/aromatic N) is 2. The zero-order chi connectivity index (χ0) is 13.4. The van der Waals surface area contributed by atoms with Gasteiger partial charge in [-0.05, 0) is 22.6 Å². The van der Waals surface area contributed by atoms with Crippen LogP contribution in [0.5, 0.6) is 0 Å². The maximum Gasteiger partial charge on any atom is 0.297 e. The highest BCUT2D eigenvalue weighted by Crippen LogP contribution is 2.34. The van der Waals surface area contributed by atoms with E-state index in [2.05, 4.69) is 4.98 Å². The molecule has 17 heavy (non-hydrogen) atoms. The lowest BCUT2D eigenvalue weighted by molar-refractivity contribution is -0.386. The zero-order valence-electron chi connectivity index (χ0n) is 7.80. The molecule has 0 saturated carbocycles. The summed E-state index contributed by atoms with van der Waals surface area (Å²) in [5.74, 6) is 0. The van der Waals surface area contributed by atoms with E-state index in [9.17, 15) is 27.3 Å². The van der Waals surface area contributed by atoms with Crippen molar-refractivity contribution in [1.82, 2.24) is 4.98 Å². The van der Waals surface area contributed by atoms with Crippen LogP contribution >= 0.6 is 22.6 Å². The van der Waals surface area contributed by atoms with Crippen LogP contribution in [0.25, 0.3) is 0 Å². The van der Waals surface area contributed by atoms with Crippen LogP contribution in [0.2, 0.25) is 0 Å². The first-order chi connectivity index (χ1) is 7.66. The largest absolute Gasteiger partial charge is 0.297 e. The molecule has 1 rings (SSSR count). The number of sulfonamides is 1. The highest BCUT2D eigenvalue weighted by molar-refractivity contribution is 14.1. The molecular weight excluding hydrogens is 375 g/mol. The van der Waals surface area contributed by atoms with Crippen molar-refractivity contribution in [2.24, 2.45) is 5.14 Å². The first-order valence-corrected chi connectivity index (χ1v) is 6.42. The van der Waals surface area contributed by atoms with Gasteiger partial charge in [-0.25, -0.2) is 27.3 Å². The molecule has 0 saturated heterocycles. The Morgan fingerprint density at radius 2 is 2.06 bits per heavy atom. The fraction of sp³-hybridized carbons (Fsp3) is 0.167. The van der Waals surface area contributed by atoms with Crippen LogP contribution in [0.3, 0.4) is 0 Å². The fourth-order valence-electron chi connectivity index (χ4n) is 1.03. The van der Waals surface area contributed by atoms with E-state index in [-0.39, 0.29) is 0 Å². The number of alkyl halides is 2. The van der Waals surface area contributed by atoms with Crippen molar-refractivity contribution in [3.05, 3.63) is 25.4 Å². The van der Waals surface area contributed by atoms with Crippen LogP contribution in [0.15, 0.2) is 11.2 Å². The van der Waals surface area contributed by atoms with Crippen LogP contribution in [-0.4, -0.2) is 18.3 Å². The quantitative estimate of drug-likeness (QED) is 0.481.